The second-order valence-corrected chi connectivity index (χ2v) is 24.7. The van der Waals surface area contributed by atoms with Crippen molar-refractivity contribution in [2.24, 2.45) is 23.2 Å². The highest BCUT2D eigenvalue weighted by Crippen LogP contribution is 2.75. The lowest BCUT2D eigenvalue weighted by molar-refractivity contribution is 0.0707. The van der Waals surface area contributed by atoms with Crippen molar-refractivity contribution < 1.29 is 0 Å². The highest BCUT2D eigenvalue weighted by Gasteiger charge is 2.69. The van der Waals surface area contributed by atoms with E-state index in [4.69, 9.17) is 0 Å². The van der Waals surface area contributed by atoms with Crippen LogP contribution in [0.25, 0.3) is 60.9 Å². The molecule has 10 aromatic rings. The van der Waals surface area contributed by atoms with Gasteiger partial charge in [0.05, 0.1) is 11.0 Å². The number of nitrogens with zero attached hydrogens (tertiary/aromatic N) is 2. The first-order valence-corrected chi connectivity index (χ1v) is 29.7. The molecule has 5 unspecified atom stereocenters. The summed E-state index contributed by atoms with van der Waals surface area (Å²) in [5.41, 5.74) is 22.6. The second kappa shape index (κ2) is 18.9. The maximum absolute atomic E-state index is 2.75. The van der Waals surface area contributed by atoms with Crippen LogP contribution in [-0.2, 0) is 10.8 Å². The summed E-state index contributed by atoms with van der Waals surface area (Å²) in [7, 11) is 0. The minimum atomic E-state index is -0.0447. The number of aromatic nitrogens is 1. The first-order chi connectivity index (χ1) is 38.8. The summed E-state index contributed by atoms with van der Waals surface area (Å²) in [6.07, 6.45) is 19.1. The number of hydrogen-bond acceptors (Lipinski definition) is 1. The van der Waals surface area contributed by atoms with Crippen LogP contribution in [-0.4, -0.2) is 4.57 Å². The van der Waals surface area contributed by atoms with Gasteiger partial charge in [0.15, 0.2) is 0 Å². The summed E-state index contributed by atoms with van der Waals surface area (Å²) in [6.45, 7) is 7.46. The molecule has 0 N–H and O–H groups in total. The number of rotatable bonds is 9. The molecule has 3 saturated carbocycles. The summed E-state index contributed by atoms with van der Waals surface area (Å²) in [5, 5.41) is 2.57. The predicted molar refractivity (Wildman–Crippen MR) is 332 cm³/mol. The summed E-state index contributed by atoms with van der Waals surface area (Å²) in [5.74, 6) is 2.61. The molecule has 79 heavy (non-hydrogen) atoms. The molecule has 0 radical (unpaired) electrons. The van der Waals surface area contributed by atoms with Crippen molar-refractivity contribution in [2.45, 2.75) is 95.3 Å². The topological polar surface area (TPSA) is 8.17 Å². The molecule has 5 aliphatic carbocycles. The highest BCUT2D eigenvalue weighted by molar-refractivity contribution is 6.10. The Balaban J connectivity index is 0.760. The first kappa shape index (κ1) is 48.2. The zero-order valence-electron chi connectivity index (χ0n) is 46.1. The van der Waals surface area contributed by atoms with E-state index in [1.54, 1.807) is 16.7 Å². The molecule has 6 atom stereocenters. The third-order valence-electron chi connectivity index (χ3n) is 20.6. The summed E-state index contributed by atoms with van der Waals surface area (Å²) in [6, 6.07) is 83.1. The van der Waals surface area contributed by atoms with Crippen LogP contribution in [0.3, 0.4) is 0 Å². The standard InChI is InChI=1S/C77H70N2/c1-75(2)68-35-15-13-32-64(68)66-51-62(44-45-69(66)75)78(59-29-11-6-12-30-59)61-31-20-24-55(49-61)53-22-19-23-54(48-53)56-41-46-73-67(50-56)65-33-14-16-38-72(65)79(73)60-42-39-52(40-43-60)63-34-21-37-71-74(63)70-36-17-18-47-76(70,3)77(71,57-25-7-4-8-26-57)58-27-9-5-10-28-58/h4-9,11-16,19-20,22-27,29-33,35,38-46,48-51,63,70-71,74H,10,17-18,21,28,34,36-37,47H2,1-3H3/t63?,70?,71?,74-,76?,77?/m0/s1. The predicted octanol–water partition coefficient (Wildman–Crippen LogP) is 20.8. The van der Waals surface area contributed by atoms with E-state index in [0.29, 0.717) is 17.8 Å². The molecule has 3 fully saturated rings. The van der Waals surface area contributed by atoms with Gasteiger partial charge in [-0.3, -0.25) is 0 Å². The smallest absolute Gasteiger partial charge is 0.0541 e. The van der Waals surface area contributed by atoms with Crippen molar-refractivity contribution in [3.05, 3.63) is 264 Å². The number of fused-ring (bicyclic) bond motifs is 9. The number of para-hydroxylation sites is 2. The molecule has 1 aromatic heterocycles. The fraction of sp³-hybridized carbons (Fsp3) is 0.247. The molecule has 2 heteroatoms. The molecule has 1 heterocycles. The summed E-state index contributed by atoms with van der Waals surface area (Å²) in [4.78, 5) is 2.41. The van der Waals surface area contributed by atoms with Crippen LogP contribution in [0.5, 0.6) is 0 Å². The Labute approximate surface area is 467 Å². The molecular weight excluding hydrogens is 953 g/mol. The average Bonchev–Trinajstić information content (AvgIpc) is 2.83. The van der Waals surface area contributed by atoms with Crippen molar-refractivity contribution in [3.8, 4) is 39.1 Å². The fourth-order valence-corrected chi connectivity index (χ4v) is 17.4. The van der Waals surface area contributed by atoms with E-state index in [2.05, 4.69) is 267 Å². The van der Waals surface area contributed by atoms with E-state index < -0.39 is 0 Å². The van der Waals surface area contributed by atoms with Gasteiger partial charge in [-0.25, -0.2) is 0 Å². The molecule has 0 amide bonds. The Morgan fingerprint density at radius 3 is 1.96 bits per heavy atom. The van der Waals surface area contributed by atoms with Crippen molar-refractivity contribution in [1.29, 1.82) is 0 Å². The molecule has 5 aliphatic rings. The number of benzene rings is 9. The van der Waals surface area contributed by atoms with Crippen LogP contribution < -0.4 is 4.90 Å². The minimum absolute atomic E-state index is 0.0447. The van der Waals surface area contributed by atoms with Crippen molar-refractivity contribution >= 4 is 38.9 Å². The van der Waals surface area contributed by atoms with Gasteiger partial charge in [0.25, 0.3) is 0 Å². The summed E-state index contributed by atoms with van der Waals surface area (Å²) < 4.78 is 2.51. The van der Waals surface area contributed by atoms with Crippen molar-refractivity contribution in [1.82, 2.24) is 4.57 Å². The number of hydrogen-bond donors (Lipinski definition) is 0. The van der Waals surface area contributed by atoms with Gasteiger partial charge >= 0.3 is 0 Å². The molecule has 0 aliphatic heterocycles. The van der Waals surface area contributed by atoms with E-state index in [1.165, 1.54) is 123 Å². The molecule has 9 aromatic carbocycles. The minimum Gasteiger partial charge on any atom is -0.310 e. The Bertz CT molecular complexity index is 4020. The van der Waals surface area contributed by atoms with E-state index in [1.807, 2.05) is 0 Å². The van der Waals surface area contributed by atoms with E-state index >= 15 is 0 Å². The maximum Gasteiger partial charge on any atom is 0.0541 e. The number of anilines is 3. The van der Waals surface area contributed by atoms with Gasteiger partial charge in [0.2, 0.25) is 0 Å². The lowest BCUT2D eigenvalue weighted by atomic mass is 9.50. The zero-order valence-corrected chi connectivity index (χ0v) is 46.1. The molecule has 15 rings (SSSR count). The van der Waals surface area contributed by atoms with E-state index in [-0.39, 0.29) is 16.2 Å². The van der Waals surface area contributed by atoms with Crippen LogP contribution in [0, 0.1) is 23.2 Å². The second-order valence-electron chi connectivity index (χ2n) is 24.7. The Morgan fingerprint density at radius 2 is 1.15 bits per heavy atom. The van der Waals surface area contributed by atoms with E-state index in [9.17, 15) is 0 Å². The van der Waals surface area contributed by atoms with Gasteiger partial charge in [-0.15, -0.1) is 0 Å². The van der Waals surface area contributed by atoms with Crippen LogP contribution in [0.15, 0.2) is 242 Å². The van der Waals surface area contributed by atoms with Gasteiger partial charge in [0.1, 0.15) is 0 Å². The lowest BCUT2D eigenvalue weighted by Gasteiger charge is -2.53. The van der Waals surface area contributed by atoms with Gasteiger partial charge in [-0.05, 0) is 196 Å². The maximum atomic E-state index is 2.75. The lowest BCUT2D eigenvalue weighted by Crippen LogP contribution is -2.49. The van der Waals surface area contributed by atoms with Crippen LogP contribution >= 0.6 is 0 Å². The van der Waals surface area contributed by atoms with Gasteiger partial charge in [-0.1, -0.05) is 209 Å². The average molecular weight is 1020 g/mol. The quantitative estimate of drug-likeness (QED) is 0.140. The Hall–Kier alpha value is -7.94. The van der Waals surface area contributed by atoms with Crippen LogP contribution in [0.4, 0.5) is 17.1 Å². The molecule has 0 saturated heterocycles. The monoisotopic (exact) mass is 1020 g/mol. The number of allylic oxidation sites excluding steroid dienone is 4. The normalized spacial score (nSPS) is 23.7. The highest BCUT2D eigenvalue weighted by atomic mass is 15.1. The molecule has 0 spiro atoms. The van der Waals surface area contributed by atoms with Crippen molar-refractivity contribution in [2.75, 3.05) is 4.90 Å². The Kier molecular flexibility index (Phi) is 11.5. The fourth-order valence-electron chi connectivity index (χ4n) is 17.4. The molecule has 388 valence electrons. The molecule has 0 bridgehead atoms. The van der Waals surface area contributed by atoms with E-state index in [0.717, 1.165) is 29.4 Å². The first-order valence-electron chi connectivity index (χ1n) is 29.7. The summed E-state index contributed by atoms with van der Waals surface area (Å²) >= 11 is 0. The van der Waals surface area contributed by atoms with Crippen molar-refractivity contribution in [3.63, 3.8) is 0 Å². The SMILES string of the molecule is CC1(C)c2ccccc2-c2cc(N(c3ccccc3)c3cccc(-c4cccc(-c5ccc6c(c5)c5ccccc5n6-c5ccc(C6CCCC7[C@@H]6C6CCCCC6(C)C7(C6=CC=CCC6)c6ccccc6)cc5)c4)c3)ccc21. The largest absolute Gasteiger partial charge is 0.310 e. The zero-order chi connectivity index (χ0) is 52.9. The van der Waals surface area contributed by atoms with Gasteiger partial charge in [-0.2, -0.15) is 0 Å². The third kappa shape index (κ3) is 7.43. The van der Waals surface area contributed by atoms with Crippen LogP contribution in [0.2, 0.25) is 0 Å². The van der Waals surface area contributed by atoms with Crippen LogP contribution in [0.1, 0.15) is 107 Å². The molecular formula is C77H70N2. The van der Waals surface area contributed by atoms with Gasteiger partial charge < -0.3 is 9.47 Å². The molecule has 2 nitrogen and oxygen atoms in total. The third-order valence-corrected chi connectivity index (χ3v) is 20.6. The Morgan fingerprint density at radius 1 is 0.481 bits per heavy atom. The van der Waals surface area contributed by atoms with Gasteiger partial charge in [0, 0.05) is 44.4 Å².